The third-order valence-electron chi connectivity index (χ3n) is 3.80. The maximum Gasteiger partial charge on any atom is 0.264 e. The van der Waals surface area contributed by atoms with Crippen LogP contribution in [0.2, 0.25) is 5.02 Å². The minimum atomic E-state index is -0.0845. The van der Waals surface area contributed by atoms with E-state index in [1.54, 1.807) is 16.7 Å². The van der Waals surface area contributed by atoms with Gasteiger partial charge in [0.15, 0.2) is 0 Å². The lowest BCUT2D eigenvalue weighted by atomic mass is 10.1. The van der Waals surface area contributed by atoms with E-state index in [1.165, 1.54) is 0 Å². The number of carbonyl (C=O) groups is 1. The summed E-state index contributed by atoms with van der Waals surface area (Å²) in [6, 6.07) is 21.0. The first-order valence-corrected chi connectivity index (χ1v) is 9.29. The molecular weight excluding hydrogens is 406 g/mol. The quantitative estimate of drug-likeness (QED) is 0.448. The van der Waals surface area contributed by atoms with Gasteiger partial charge in [0.1, 0.15) is 0 Å². The van der Waals surface area contributed by atoms with Gasteiger partial charge in [-0.05, 0) is 58.4 Å². The number of benzene rings is 3. The van der Waals surface area contributed by atoms with Gasteiger partial charge >= 0.3 is 0 Å². The molecule has 3 aromatic rings. The molecule has 1 aliphatic rings. The molecule has 2 nitrogen and oxygen atoms in total. The molecular formula is C19H11BrClNOS. The Morgan fingerprint density at radius 3 is 2.46 bits per heavy atom. The van der Waals surface area contributed by atoms with Gasteiger partial charge in [0.2, 0.25) is 0 Å². The Bertz CT molecular complexity index is 960. The molecule has 0 radical (unpaired) electrons. The molecule has 0 saturated heterocycles. The summed E-state index contributed by atoms with van der Waals surface area (Å²) in [7, 11) is 0. The predicted molar refractivity (Wildman–Crippen MR) is 103 cm³/mol. The highest BCUT2D eigenvalue weighted by Crippen LogP contribution is 2.49. The van der Waals surface area contributed by atoms with E-state index in [2.05, 4.69) is 15.9 Å². The standard InChI is InChI=1S/C19H11BrClNOS/c20-14-6-2-1-5-13(14)19(23)22-15-7-3-4-8-17(15)24-18-10-9-12(21)11-16(18)22/h1-11H. The summed E-state index contributed by atoms with van der Waals surface area (Å²) in [5.74, 6) is -0.0845. The van der Waals surface area contributed by atoms with E-state index in [0.29, 0.717) is 10.6 Å². The Morgan fingerprint density at radius 1 is 0.917 bits per heavy atom. The van der Waals surface area contributed by atoms with Crippen LogP contribution in [0.15, 0.2) is 81.0 Å². The van der Waals surface area contributed by atoms with Gasteiger partial charge in [0, 0.05) is 19.3 Å². The maximum atomic E-state index is 13.3. The molecule has 118 valence electrons. The molecule has 24 heavy (non-hydrogen) atoms. The van der Waals surface area contributed by atoms with E-state index in [9.17, 15) is 4.79 Å². The van der Waals surface area contributed by atoms with Crippen molar-refractivity contribution in [1.29, 1.82) is 0 Å². The summed E-state index contributed by atoms with van der Waals surface area (Å²) in [6.07, 6.45) is 0. The monoisotopic (exact) mass is 415 g/mol. The highest BCUT2D eigenvalue weighted by molar-refractivity contribution is 9.10. The molecule has 0 bridgehead atoms. The van der Waals surface area contributed by atoms with Crippen LogP contribution in [0, 0.1) is 0 Å². The Labute approximate surface area is 157 Å². The van der Waals surface area contributed by atoms with Gasteiger partial charge in [-0.3, -0.25) is 9.69 Å². The van der Waals surface area contributed by atoms with Crippen molar-refractivity contribution in [3.63, 3.8) is 0 Å². The summed E-state index contributed by atoms with van der Waals surface area (Å²) in [4.78, 5) is 17.1. The number of hydrogen-bond donors (Lipinski definition) is 0. The number of fused-ring (bicyclic) bond motifs is 2. The van der Waals surface area contributed by atoms with Crippen LogP contribution in [0.1, 0.15) is 10.4 Å². The molecule has 0 aromatic heterocycles. The van der Waals surface area contributed by atoms with Crippen LogP contribution in [-0.2, 0) is 0 Å². The number of anilines is 2. The van der Waals surface area contributed by atoms with Crippen molar-refractivity contribution < 1.29 is 4.79 Å². The molecule has 0 N–H and O–H groups in total. The van der Waals surface area contributed by atoms with Crippen molar-refractivity contribution in [2.75, 3.05) is 4.90 Å². The summed E-state index contributed by atoms with van der Waals surface area (Å²) in [5, 5.41) is 0.610. The van der Waals surface area contributed by atoms with Crippen LogP contribution >= 0.6 is 39.3 Å². The van der Waals surface area contributed by atoms with Crippen molar-refractivity contribution in [3.05, 3.63) is 81.8 Å². The first-order chi connectivity index (χ1) is 11.6. The second kappa shape index (κ2) is 6.28. The first-order valence-electron chi connectivity index (χ1n) is 7.30. The topological polar surface area (TPSA) is 20.3 Å². The number of hydrogen-bond acceptors (Lipinski definition) is 2. The zero-order chi connectivity index (χ0) is 16.7. The molecule has 0 aliphatic carbocycles. The largest absolute Gasteiger partial charge is 0.275 e. The minimum absolute atomic E-state index is 0.0845. The van der Waals surface area contributed by atoms with Gasteiger partial charge in [-0.1, -0.05) is 47.6 Å². The molecule has 1 aliphatic heterocycles. The molecule has 0 fully saturated rings. The normalized spacial score (nSPS) is 12.5. The lowest BCUT2D eigenvalue weighted by Crippen LogP contribution is -2.28. The van der Waals surface area contributed by atoms with Crippen molar-refractivity contribution in [2.45, 2.75) is 9.79 Å². The number of rotatable bonds is 1. The predicted octanol–water partition coefficient (Wildman–Crippen LogP) is 6.55. The van der Waals surface area contributed by atoms with E-state index in [0.717, 1.165) is 25.6 Å². The first kappa shape index (κ1) is 15.8. The van der Waals surface area contributed by atoms with E-state index in [-0.39, 0.29) is 5.91 Å². The second-order valence-corrected chi connectivity index (χ2v) is 7.68. The van der Waals surface area contributed by atoms with Crippen molar-refractivity contribution in [3.8, 4) is 0 Å². The van der Waals surface area contributed by atoms with Gasteiger partial charge in [0.25, 0.3) is 5.91 Å². The number of amides is 1. The number of carbonyl (C=O) groups excluding carboxylic acids is 1. The molecule has 1 heterocycles. The minimum Gasteiger partial charge on any atom is -0.275 e. The Kier molecular flexibility index (Phi) is 4.12. The van der Waals surface area contributed by atoms with Gasteiger partial charge in [-0.2, -0.15) is 0 Å². The number of halogens is 2. The Morgan fingerprint density at radius 2 is 1.62 bits per heavy atom. The van der Waals surface area contributed by atoms with Crippen LogP contribution in [0.5, 0.6) is 0 Å². The highest BCUT2D eigenvalue weighted by atomic mass is 79.9. The fraction of sp³-hybridized carbons (Fsp3) is 0. The molecule has 4 rings (SSSR count). The maximum absolute atomic E-state index is 13.3. The second-order valence-electron chi connectivity index (χ2n) is 5.30. The summed E-state index contributed by atoms with van der Waals surface area (Å²) in [6.45, 7) is 0. The lowest BCUT2D eigenvalue weighted by Gasteiger charge is -2.31. The van der Waals surface area contributed by atoms with E-state index in [1.807, 2.05) is 66.7 Å². The van der Waals surface area contributed by atoms with Crippen LogP contribution in [-0.4, -0.2) is 5.91 Å². The van der Waals surface area contributed by atoms with E-state index < -0.39 is 0 Å². The summed E-state index contributed by atoms with van der Waals surface area (Å²) in [5.41, 5.74) is 2.30. The van der Waals surface area contributed by atoms with E-state index >= 15 is 0 Å². The molecule has 0 saturated carbocycles. The third-order valence-corrected chi connectivity index (χ3v) is 5.85. The fourth-order valence-corrected chi connectivity index (χ4v) is 4.36. The van der Waals surface area contributed by atoms with Gasteiger partial charge < -0.3 is 0 Å². The van der Waals surface area contributed by atoms with E-state index in [4.69, 9.17) is 11.6 Å². The molecule has 5 heteroatoms. The SMILES string of the molecule is O=C(c1ccccc1Br)N1c2ccccc2Sc2ccc(Cl)cc21. The van der Waals surface area contributed by atoms with Crippen LogP contribution in [0.3, 0.4) is 0 Å². The zero-order valence-electron chi connectivity index (χ0n) is 12.4. The van der Waals surface area contributed by atoms with Crippen molar-refractivity contribution >= 4 is 56.6 Å². The van der Waals surface area contributed by atoms with Gasteiger partial charge in [-0.15, -0.1) is 0 Å². The molecule has 0 spiro atoms. The molecule has 0 atom stereocenters. The van der Waals surface area contributed by atoms with Crippen LogP contribution in [0.4, 0.5) is 11.4 Å². The Hall–Kier alpha value is -1.75. The number of nitrogens with zero attached hydrogens (tertiary/aromatic N) is 1. The van der Waals surface area contributed by atoms with Crippen molar-refractivity contribution in [1.82, 2.24) is 0 Å². The van der Waals surface area contributed by atoms with Gasteiger partial charge in [0.05, 0.1) is 16.9 Å². The third kappa shape index (κ3) is 2.65. The molecule has 1 amide bonds. The average Bonchev–Trinajstić information content (AvgIpc) is 2.59. The molecule has 0 unspecified atom stereocenters. The van der Waals surface area contributed by atoms with Crippen LogP contribution in [0.25, 0.3) is 0 Å². The Balaban J connectivity index is 1.93. The summed E-state index contributed by atoms with van der Waals surface area (Å²) >= 11 is 11.3. The number of para-hydroxylation sites is 1. The van der Waals surface area contributed by atoms with Crippen molar-refractivity contribution in [2.24, 2.45) is 0 Å². The highest BCUT2D eigenvalue weighted by Gasteiger charge is 2.29. The lowest BCUT2D eigenvalue weighted by molar-refractivity contribution is 0.0997. The smallest absolute Gasteiger partial charge is 0.264 e. The summed E-state index contributed by atoms with van der Waals surface area (Å²) < 4.78 is 0.772. The molecule has 3 aromatic carbocycles. The average molecular weight is 417 g/mol. The fourth-order valence-electron chi connectivity index (χ4n) is 2.70. The zero-order valence-corrected chi connectivity index (χ0v) is 15.5. The van der Waals surface area contributed by atoms with Crippen LogP contribution < -0.4 is 4.90 Å². The van der Waals surface area contributed by atoms with Gasteiger partial charge in [-0.25, -0.2) is 0 Å².